The molecule has 1 fully saturated rings. The predicted molar refractivity (Wildman–Crippen MR) is 190 cm³/mol. The fraction of sp³-hybridized carbons (Fsp3) is 0.229. The second kappa shape index (κ2) is 14.7. The zero-order chi connectivity index (χ0) is 34.7. The molecule has 6 rings (SSSR count). The van der Waals surface area contributed by atoms with Crippen molar-refractivity contribution in [2.75, 3.05) is 36.9 Å². The number of hydrogen-bond donors (Lipinski definition) is 5. The third kappa shape index (κ3) is 7.43. The fourth-order valence-corrected chi connectivity index (χ4v) is 6.29. The zero-order valence-corrected chi connectivity index (χ0v) is 27.9. The summed E-state index contributed by atoms with van der Waals surface area (Å²) in [6, 6.07) is 16.0. The Kier molecular flexibility index (Phi) is 10.2. The zero-order valence-electron chi connectivity index (χ0n) is 26.4. The van der Waals surface area contributed by atoms with Crippen molar-refractivity contribution < 1.29 is 19.8 Å². The maximum atomic E-state index is 13.3. The molecule has 0 atom stereocenters. The summed E-state index contributed by atoms with van der Waals surface area (Å²) in [4.78, 5) is 48.5. The topological polar surface area (TPSA) is 162 Å². The highest BCUT2D eigenvalue weighted by Crippen LogP contribution is 2.41. The van der Waals surface area contributed by atoms with E-state index in [1.807, 2.05) is 24.3 Å². The Hall–Kier alpha value is -4.85. The average molecular weight is 703 g/mol. The number of pyridine rings is 3. The van der Waals surface area contributed by atoms with Crippen LogP contribution >= 0.6 is 23.2 Å². The number of aliphatic carboxylic acids is 1. The maximum absolute atomic E-state index is 13.3. The second-order valence-corrected chi connectivity index (χ2v) is 12.6. The van der Waals surface area contributed by atoms with Gasteiger partial charge in [0.25, 0.3) is 11.5 Å². The number of nitrogens with zero attached hydrogens (tertiary/aromatic N) is 4. The molecule has 0 unspecified atom stereocenters. The summed E-state index contributed by atoms with van der Waals surface area (Å²) in [7, 11) is 1.57. The van der Waals surface area contributed by atoms with Crippen molar-refractivity contribution in [1.29, 1.82) is 0 Å². The van der Waals surface area contributed by atoms with Crippen LogP contribution < -0.4 is 21.5 Å². The van der Waals surface area contributed by atoms with Gasteiger partial charge in [-0.3, -0.25) is 24.3 Å². The lowest BCUT2D eigenvalue weighted by atomic mass is 10.00. The molecule has 1 saturated heterocycles. The van der Waals surface area contributed by atoms with Gasteiger partial charge in [0.05, 0.1) is 33.9 Å². The van der Waals surface area contributed by atoms with Gasteiger partial charge in [-0.2, -0.15) is 0 Å². The van der Waals surface area contributed by atoms with Crippen molar-refractivity contribution in [3.8, 4) is 11.1 Å². The number of nitrogens with one attached hydrogen (secondary N) is 3. The SMILES string of the molecule is Cn1cc(CNCCO)cc(C(=O)Nc2cccc(-c3cccc(Nc4nccc5cc(CN6CC(C(=O)O)C6)cnc45)c3Cl)c2Cl)c1=O. The van der Waals surface area contributed by atoms with Crippen molar-refractivity contribution in [2.24, 2.45) is 13.0 Å². The van der Waals surface area contributed by atoms with E-state index in [4.69, 9.17) is 33.4 Å². The Bertz CT molecular complexity index is 2120. The molecule has 0 radical (unpaired) electrons. The van der Waals surface area contributed by atoms with Gasteiger partial charge >= 0.3 is 5.97 Å². The summed E-state index contributed by atoms with van der Waals surface area (Å²) in [6.07, 6.45) is 5.08. The van der Waals surface area contributed by atoms with Gasteiger partial charge in [0, 0.05) is 74.9 Å². The predicted octanol–water partition coefficient (Wildman–Crippen LogP) is 4.90. The highest BCUT2D eigenvalue weighted by atomic mass is 35.5. The molecule has 1 aliphatic rings. The molecule has 5 aromatic rings. The van der Waals surface area contributed by atoms with Gasteiger partial charge in [-0.25, -0.2) is 4.98 Å². The summed E-state index contributed by atoms with van der Waals surface area (Å²) in [5, 5.41) is 28.8. The van der Waals surface area contributed by atoms with E-state index in [1.54, 1.807) is 49.9 Å². The Morgan fingerprint density at radius 3 is 2.41 bits per heavy atom. The number of carboxylic acids is 1. The molecule has 0 saturated carbocycles. The molecule has 0 spiro atoms. The number of halogens is 2. The lowest BCUT2D eigenvalue weighted by Gasteiger charge is -2.36. The monoisotopic (exact) mass is 701 g/mol. The normalized spacial score (nSPS) is 13.3. The van der Waals surface area contributed by atoms with Crippen molar-refractivity contribution >= 4 is 63.2 Å². The van der Waals surface area contributed by atoms with Crippen LogP contribution in [0.4, 0.5) is 17.2 Å². The van der Waals surface area contributed by atoms with Crippen molar-refractivity contribution in [2.45, 2.75) is 13.1 Å². The third-order valence-electron chi connectivity index (χ3n) is 8.26. The molecule has 14 heteroatoms. The Morgan fingerprint density at radius 2 is 1.69 bits per heavy atom. The second-order valence-electron chi connectivity index (χ2n) is 11.8. The first-order valence-electron chi connectivity index (χ1n) is 15.5. The van der Waals surface area contributed by atoms with E-state index in [0.717, 1.165) is 10.9 Å². The van der Waals surface area contributed by atoms with Crippen molar-refractivity contribution in [1.82, 2.24) is 24.8 Å². The highest BCUT2D eigenvalue weighted by Gasteiger charge is 2.32. The summed E-state index contributed by atoms with van der Waals surface area (Å²) < 4.78 is 1.34. The van der Waals surface area contributed by atoms with Crippen LogP contribution in [0.1, 0.15) is 21.5 Å². The molecule has 1 amide bonds. The average Bonchev–Trinajstić information content (AvgIpc) is 3.06. The fourth-order valence-electron chi connectivity index (χ4n) is 5.74. The maximum Gasteiger partial charge on any atom is 0.309 e. The number of amides is 1. The first-order chi connectivity index (χ1) is 23.6. The molecule has 3 aromatic heterocycles. The third-order valence-corrected chi connectivity index (χ3v) is 9.07. The summed E-state index contributed by atoms with van der Waals surface area (Å²) >= 11 is 13.8. The number of anilines is 3. The first kappa shape index (κ1) is 34.0. The number of rotatable bonds is 12. The number of carbonyl (C=O) groups excluding carboxylic acids is 1. The van der Waals surface area contributed by atoms with Gasteiger partial charge < -0.3 is 30.7 Å². The number of benzene rings is 2. The van der Waals surface area contributed by atoms with E-state index in [9.17, 15) is 14.4 Å². The molecular formula is C35H33Cl2N7O5. The number of aromatic nitrogens is 3. The highest BCUT2D eigenvalue weighted by molar-refractivity contribution is 6.39. The van der Waals surface area contributed by atoms with E-state index >= 15 is 0 Å². The molecular weight excluding hydrogens is 669 g/mol. The van der Waals surface area contributed by atoms with Crippen LogP contribution in [0.2, 0.25) is 10.0 Å². The van der Waals surface area contributed by atoms with E-state index in [1.165, 1.54) is 10.6 Å². The van der Waals surface area contributed by atoms with Crippen LogP contribution in [0.3, 0.4) is 0 Å². The standard InChI is InChI=1S/C35H33Cl2N7O5/c1-43-16-21(14-38-10-11-45)13-26(34(43)47)33(46)42-28-7-3-5-25(30(28)37)24-4-2-6-27(29(24)36)41-32-31-22(8-9-39-32)12-20(15-40-31)17-44-18-23(19-44)35(48)49/h2-9,12-13,15-16,23,38,45H,10-11,14,17-19H2,1H3,(H,39,41)(H,42,46)(H,48,49). The van der Waals surface area contributed by atoms with Crippen molar-refractivity contribution in [3.63, 3.8) is 0 Å². The van der Waals surface area contributed by atoms with E-state index < -0.39 is 17.4 Å². The molecule has 49 heavy (non-hydrogen) atoms. The molecule has 5 N–H and O–H groups in total. The Balaban J connectivity index is 1.22. The van der Waals surface area contributed by atoms with Gasteiger partial charge in [-0.05, 0) is 41.5 Å². The van der Waals surface area contributed by atoms with Gasteiger partial charge in [0.2, 0.25) is 0 Å². The van der Waals surface area contributed by atoms with Crippen LogP contribution in [0, 0.1) is 5.92 Å². The molecule has 1 aliphatic heterocycles. The number of hydrogen-bond acceptors (Lipinski definition) is 9. The molecule has 12 nitrogen and oxygen atoms in total. The van der Waals surface area contributed by atoms with E-state index in [0.29, 0.717) is 77.1 Å². The summed E-state index contributed by atoms with van der Waals surface area (Å²) in [5.41, 5.74) is 3.83. The van der Waals surface area contributed by atoms with Crippen LogP contribution in [-0.2, 0) is 24.9 Å². The molecule has 2 aromatic carbocycles. The quantitative estimate of drug-likeness (QED) is 0.113. The Labute approximate surface area is 291 Å². The largest absolute Gasteiger partial charge is 0.481 e. The first-order valence-corrected chi connectivity index (χ1v) is 16.2. The number of carbonyl (C=O) groups is 2. The number of likely N-dealkylation sites (tertiary alicyclic amines) is 1. The minimum atomic E-state index is -0.769. The minimum Gasteiger partial charge on any atom is -0.481 e. The van der Waals surface area contributed by atoms with E-state index in [-0.39, 0.29) is 23.1 Å². The smallest absolute Gasteiger partial charge is 0.309 e. The van der Waals surface area contributed by atoms with Gasteiger partial charge in [0.15, 0.2) is 5.82 Å². The minimum absolute atomic E-state index is 0.0335. The number of aliphatic hydroxyl groups is 1. The van der Waals surface area contributed by atoms with Gasteiger partial charge in [-0.15, -0.1) is 0 Å². The van der Waals surface area contributed by atoms with Crippen LogP contribution in [0.25, 0.3) is 22.0 Å². The van der Waals surface area contributed by atoms with Gasteiger partial charge in [-0.1, -0.05) is 47.5 Å². The number of carboxylic acid groups (broad SMARTS) is 1. The van der Waals surface area contributed by atoms with Crippen molar-refractivity contribution in [3.05, 3.63) is 110 Å². The number of aryl methyl sites for hydroxylation is 1. The molecule has 252 valence electrons. The number of aliphatic hydroxyl groups excluding tert-OH is 1. The van der Waals surface area contributed by atoms with E-state index in [2.05, 4.69) is 30.8 Å². The van der Waals surface area contributed by atoms with Crippen LogP contribution in [0.15, 0.2) is 78.0 Å². The molecule has 4 heterocycles. The molecule has 0 bridgehead atoms. The lowest BCUT2D eigenvalue weighted by Crippen LogP contribution is -2.49. The van der Waals surface area contributed by atoms with Crippen LogP contribution in [0.5, 0.6) is 0 Å². The summed E-state index contributed by atoms with van der Waals surface area (Å²) in [5.74, 6) is -1.21. The Morgan fingerprint density at radius 1 is 0.980 bits per heavy atom. The van der Waals surface area contributed by atoms with Gasteiger partial charge in [0.1, 0.15) is 11.1 Å². The molecule has 0 aliphatic carbocycles. The summed E-state index contributed by atoms with van der Waals surface area (Å²) in [6.45, 7) is 2.35. The lowest BCUT2D eigenvalue weighted by molar-refractivity contribution is -0.147. The van der Waals surface area contributed by atoms with Crippen LogP contribution in [-0.4, -0.2) is 67.8 Å². The number of fused-ring (bicyclic) bond motifs is 1.